The molecule has 16 heavy (non-hydrogen) atoms. The predicted molar refractivity (Wildman–Crippen MR) is 61.3 cm³/mol. The molecule has 2 atom stereocenters. The fraction of sp³-hybridized carbons (Fsp3) is 0.909. The Morgan fingerprint density at radius 1 is 1.62 bits per heavy atom. The highest BCUT2D eigenvalue weighted by atomic mass is 16.5. The summed E-state index contributed by atoms with van der Waals surface area (Å²) in [4.78, 5) is 11.9. The molecule has 0 aliphatic carbocycles. The molecule has 1 saturated heterocycles. The van der Waals surface area contributed by atoms with E-state index in [0.29, 0.717) is 25.7 Å². The van der Waals surface area contributed by atoms with Crippen LogP contribution in [0, 0.1) is 5.92 Å². The first-order chi connectivity index (χ1) is 7.65. The van der Waals surface area contributed by atoms with Crippen LogP contribution in [0.3, 0.4) is 0 Å². The molecule has 0 spiro atoms. The van der Waals surface area contributed by atoms with Crippen molar-refractivity contribution in [1.29, 1.82) is 0 Å². The van der Waals surface area contributed by atoms with Gasteiger partial charge in [0.15, 0.2) is 0 Å². The summed E-state index contributed by atoms with van der Waals surface area (Å²) in [6, 6.07) is -0.173. The monoisotopic (exact) mass is 230 g/mol. The summed E-state index contributed by atoms with van der Waals surface area (Å²) in [5.74, 6) is 0.351. The first-order valence-corrected chi connectivity index (χ1v) is 5.75. The van der Waals surface area contributed by atoms with Gasteiger partial charge in [0, 0.05) is 13.7 Å². The fourth-order valence-electron chi connectivity index (χ4n) is 1.60. The van der Waals surface area contributed by atoms with Crippen LogP contribution in [0.5, 0.6) is 0 Å². The van der Waals surface area contributed by atoms with Crippen molar-refractivity contribution in [3.05, 3.63) is 0 Å². The minimum atomic E-state index is -0.230. The van der Waals surface area contributed by atoms with Gasteiger partial charge in [-0.05, 0) is 5.92 Å². The Labute approximate surface area is 96.9 Å². The summed E-state index contributed by atoms with van der Waals surface area (Å²) < 4.78 is 10.3. The van der Waals surface area contributed by atoms with Crippen LogP contribution in [-0.4, -0.2) is 51.5 Å². The minimum Gasteiger partial charge on any atom is -0.383 e. The number of hydrogen-bond acceptors (Lipinski definition) is 4. The van der Waals surface area contributed by atoms with Crippen molar-refractivity contribution in [1.82, 2.24) is 10.6 Å². The number of ether oxygens (including phenoxy) is 2. The molecule has 0 radical (unpaired) electrons. The summed E-state index contributed by atoms with van der Waals surface area (Å²) in [7, 11) is 1.64. The zero-order valence-electron chi connectivity index (χ0n) is 10.3. The summed E-state index contributed by atoms with van der Waals surface area (Å²) in [6.07, 6.45) is 0. The third-order valence-electron chi connectivity index (χ3n) is 2.72. The van der Waals surface area contributed by atoms with Gasteiger partial charge in [-0.2, -0.15) is 0 Å². The van der Waals surface area contributed by atoms with Crippen molar-refractivity contribution in [2.75, 3.05) is 33.5 Å². The number of hydrogen-bond donors (Lipinski definition) is 2. The Hall–Kier alpha value is -0.650. The van der Waals surface area contributed by atoms with E-state index in [1.165, 1.54) is 0 Å². The molecule has 1 aliphatic heterocycles. The normalized spacial score (nSPS) is 23.1. The molecule has 1 rings (SSSR count). The molecule has 5 heteroatoms. The molecule has 0 saturated carbocycles. The van der Waals surface area contributed by atoms with E-state index in [-0.39, 0.29) is 18.0 Å². The van der Waals surface area contributed by atoms with Crippen LogP contribution in [0.1, 0.15) is 13.8 Å². The number of morpholine rings is 1. The second kappa shape index (κ2) is 6.83. The Kier molecular flexibility index (Phi) is 5.73. The van der Waals surface area contributed by atoms with Crippen LogP contribution in [0.4, 0.5) is 0 Å². The number of rotatable bonds is 5. The van der Waals surface area contributed by atoms with Crippen LogP contribution < -0.4 is 10.6 Å². The van der Waals surface area contributed by atoms with Gasteiger partial charge in [0.1, 0.15) is 6.04 Å². The van der Waals surface area contributed by atoms with Crippen molar-refractivity contribution >= 4 is 5.91 Å². The summed E-state index contributed by atoms with van der Waals surface area (Å²) in [5, 5.41) is 6.11. The Bertz CT molecular complexity index is 215. The summed E-state index contributed by atoms with van der Waals surface area (Å²) in [6.45, 7) is 6.52. The Morgan fingerprint density at radius 2 is 2.38 bits per heavy atom. The number of carbonyl (C=O) groups is 1. The number of amides is 1. The third kappa shape index (κ3) is 4.08. The van der Waals surface area contributed by atoms with Crippen molar-refractivity contribution in [2.24, 2.45) is 5.92 Å². The molecule has 0 bridgehead atoms. The number of carbonyl (C=O) groups excluding carboxylic acids is 1. The highest BCUT2D eigenvalue weighted by Crippen LogP contribution is 2.03. The molecule has 0 aromatic heterocycles. The van der Waals surface area contributed by atoms with Gasteiger partial charge in [-0.3, -0.25) is 4.79 Å². The van der Waals surface area contributed by atoms with Crippen LogP contribution >= 0.6 is 0 Å². The maximum Gasteiger partial charge on any atom is 0.239 e. The van der Waals surface area contributed by atoms with Gasteiger partial charge in [-0.15, -0.1) is 0 Å². The van der Waals surface area contributed by atoms with Gasteiger partial charge in [-0.1, -0.05) is 13.8 Å². The van der Waals surface area contributed by atoms with Crippen LogP contribution in [0.25, 0.3) is 0 Å². The average Bonchev–Trinajstić information content (AvgIpc) is 2.29. The zero-order valence-corrected chi connectivity index (χ0v) is 10.3. The molecule has 1 fully saturated rings. The smallest absolute Gasteiger partial charge is 0.239 e. The standard InChI is InChI=1S/C11H22N2O3/c1-8(2)9(6-15-3)13-11(14)10-7-16-5-4-12-10/h8-10,12H,4-7H2,1-3H3,(H,13,14). The molecule has 5 nitrogen and oxygen atoms in total. The van der Waals surface area contributed by atoms with Crippen LogP contribution in [-0.2, 0) is 14.3 Å². The molecule has 0 aromatic rings. The second-order valence-electron chi connectivity index (χ2n) is 4.40. The van der Waals surface area contributed by atoms with E-state index in [2.05, 4.69) is 24.5 Å². The van der Waals surface area contributed by atoms with Gasteiger partial charge < -0.3 is 20.1 Å². The first-order valence-electron chi connectivity index (χ1n) is 5.75. The van der Waals surface area contributed by atoms with Crippen molar-refractivity contribution < 1.29 is 14.3 Å². The second-order valence-corrected chi connectivity index (χ2v) is 4.40. The molecular weight excluding hydrogens is 208 g/mol. The van der Waals surface area contributed by atoms with E-state index in [4.69, 9.17) is 9.47 Å². The topological polar surface area (TPSA) is 59.6 Å². The van der Waals surface area contributed by atoms with Gasteiger partial charge in [0.05, 0.1) is 25.9 Å². The molecule has 1 aliphatic rings. The lowest BCUT2D eigenvalue weighted by molar-refractivity contribution is -0.127. The highest BCUT2D eigenvalue weighted by Gasteiger charge is 2.24. The molecular formula is C11H22N2O3. The largest absolute Gasteiger partial charge is 0.383 e. The van der Waals surface area contributed by atoms with E-state index in [0.717, 1.165) is 6.54 Å². The van der Waals surface area contributed by atoms with E-state index in [1.54, 1.807) is 7.11 Å². The minimum absolute atomic E-state index is 0.00421. The highest BCUT2D eigenvalue weighted by molar-refractivity contribution is 5.82. The van der Waals surface area contributed by atoms with Gasteiger partial charge in [0.2, 0.25) is 5.91 Å². The molecule has 2 N–H and O–H groups in total. The predicted octanol–water partition coefficient (Wildman–Crippen LogP) is -0.238. The maximum atomic E-state index is 11.9. The van der Waals surface area contributed by atoms with Gasteiger partial charge in [-0.25, -0.2) is 0 Å². The average molecular weight is 230 g/mol. The zero-order chi connectivity index (χ0) is 12.0. The molecule has 0 aromatic carbocycles. The Morgan fingerprint density at radius 3 is 2.88 bits per heavy atom. The fourth-order valence-corrected chi connectivity index (χ4v) is 1.60. The van der Waals surface area contributed by atoms with E-state index >= 15 is 0 Å². The summed E-state index contributed by atoms with van der Waals surface area (Å²) >= 11 is 0. The molecule has 1 heterocycles. The number of nitrogens with one attached hydrogen (secondary N) is 2. The Balaban J connectivity index is 2.40. The van der Waals surface area contributed by atoms with E-state index in [9.17, 15) is 4.79 Å². The van der Waals surface area contributed by atoms with Crippen molar-refractivity contribution in [2.45, 2.75) is 25.9 Å². The van der Waals surface area contributed by atoms with E-state index < -0.39 is 0 Å². The number of methoxy groups -OCH3 is 1. The molecule has 2 unspecified atom stereocenters. The SMILES string of the molecule is COCC(NC(=O)C1COCCN1)C(C)C. The lowest BCUT2D eigenvalue weighted by atomic mass is 10.0. The molecule has 1 amide bonds. The van der Waals surface area contributed by atoms with Crippen molar-refractivity contribution in [3.63, 3.8) is 0 Å². The lowest BCUT2D eigenvalue weighted by Crippen LogP contribution is -2.54. The maximum absolute atomic E-state index is 11.9. The molecule has 94 valence electrons. The first kappa shape index (κ1) is 13.4. The van der Waals surface area contributed by atoms with Crippen molar-refractivity contribution in [3.8, 4) is 0 Å². The van der Waals surface area contributed by atoms with Gasteiger partial charge >= 0.3 is 0 Å². The van der Waals surface area contributed by atoms with Gasteiger partial charge in [0.25, 0.3) is 0 Å². The van der Waals surface area contributed by atoms with E-state index in [1.807, 2.05) is 0 Å². The van der Waals surface area contributed by atoms with Crippen LogP contribution in [0.2, 0.25) is 0 Å². The lowest BCUT2D eigenvalue weighted by Gasteiger charge is -2.27. The summed E-state index contributed by atoms with van der Waals surface area (Å²) in [5.41, 5.74) is 0. The van der Waals surface area contributed by atoms with Crippen LogP contribution in [0.15, 0.2) is 0 Å². The quantitative estimate of drug-likeness (QED) is 0.684. The third-order valence-corrected chi connectivity index (χ3v) is 2.72.